The Kier molecular flexibility index (Phi) is 10.7. The average Bonchev–Trinajstić information content (AvgIpc) is 2.29. The van der Waals surface area contributed by atoms with E-state index in [1.165, 1.54) is 32.6 Å². The van der Waals surface area contributed by atoms with Crippen LogP contribution in [-0.2, 0) is 9.53 Å². The molecule has 0 amide bonds. The first kappa shape index (κ1) is 16.0. The second-order valence-electron chi connectivity index (χ2n) is 4.35. The van der Waals surface area contributed by atoms with E-state index in [-0.39, 0.29) is 5.97 Å². The molecule has 0 atom stereocenters. The molecule has 0 aromatic rings. The maximum atomic E-state index is 10.5. The summed E-state index contributed by atoms with van der Waals surface area (Å²) in [6.07, 6.45) is 12.4. The number of carbonyl (C=O) groups excluding carboxylic acids is 1. The molecule has 0 N–H and O–H groups in total. The Morgan fingerprint density at radius 3 is 2.65 bits per heavy atom. The summed E-state index contributed by atoms with van der Waals surface area (Å²) in [5, 5.41) is 0. The topological polar surface area (TPSA) is 26.3 Å². The van der Waals surface area contributed by atoms with Gasteiger partial charge in [-0.25, -0.2) is 0 Å². The van der Waals surface area contributed by atoms with Gasteiger partial charge in [0.2, 0.25) is 0 Å². The fourth-order valence-electron chi connectivity index (χ4n) is 1.54. The Balaban J connectivity index is 3.38. The molecule has 0 aliphatic rings. The molecule has 0 aliphatic carbocycles. The maximum absolute atomic E-state index is 10.5. The first-order chi connectivity index (χ1) is 8.16. The zero-order valence-electron chi connectivity index (χ0n) is 11.3. The van der Waals surface area contributed by atoms with Crippen molar-refractivity contribution >= 4 is 5.97 Å². The molecule has 2 heteroatoms. The molecule has 2 nitrogen and oxygen atoms in total. The number of allylic oxidation sites excluding steroid dienone is 3. The Morgan fingerprint density at radius 1 is 1.24 bits per heavy atom. The van der Waals surface area contributed by atoms with Crippen molar-refractivity contribution in [2.75, 3.05) is 6.61 Å². The van der Waals surface area contributed by atoms with Crippen molar-refractivity contribution < 1.29 is 9.53 Å². The van der Waals surface area contributed by atoms with Crippen LogP contribution in [0.2, 0.25) is 0 Å². The summed E-state index contributed by atoms with van der Waals surface area (Å²) >= 11 is 0. The Hall–Kier alpha value is -1.05. The average molecular weight is 238 g/mol. The Bertz CT molecular complexity index is 241. The third-order valence-electron chi connectivity index (χ3n) is 2.53. The van der Waals surface area contributed by atoms with E-state index < -0.39 is 0 Å². The zero-order chi connectivity index (χ0) is 12.9. The first-order valence-electron chi connectivity index (χ1n) is 6.64. The predicted octanol–water partition coefficient (Wildman–Crippen LogP) is 4.41. The molecule has 17 heavy (non-hydrogen) atoms. The number of esters is 1. The smallest absolute Gasteiger partial charge is 0.302 e. The van der Waals surface area contributed by atoms with Crippen LogP contribution in [0.25, 0.3) is 0 Å². The molecule has 0 spiro atoms. The van der Waals surface area contributed by atoms with Crippen molar-refractivity contribution in [2.24, 2.45) is 0 Å². The van der Waals surface area contributed by atoms with E-state index in [1.807, 2.05) is 0 Å². The SMILES string of the molecule is C=C(/C=C/CCCCCC)CCCOC(C)=O. The van der Waals surface area contributed by atoms with Crippen LogP contribution in [0.4, 0.5) is 0 Å². The molecule has 98 valence electrons. The molecular formula is C15H26O2. The second kappa shape index (κ2) is 11.4. The van der Waals surface area contributed by atoms with Crippen LogP contribution < -0.4 is 0 Å². The lowest BCUT2D eigenvalue weighted by Gasteiger charge is -2.01. The molecular weight excluding hydrogens is 212 g/mol. The monoisotopic (exact) mass is 238 g/mol. The summed E-state index contributed by atoms with van der Waals surface area (Å²) in [5.41, 5.74) is 1.12. The highest BCUT2D eigenvalue weighted by Gasteiger charge is 1.94. The van der Waals surface area contributed by atoms with Gasteiger partial charge in [-0.2, -0.15) is 0 Å². The number of unbranched alkanes of at least 4 members (excludes halogenated alkanes) is 4. The Labute approximate surface area is 106 Å². The van der Waals surface area contributed by atoms with Gasteiger partial charge in [0.05, 0.1) is 6.61 Å². The second-order valence-corrected chi connectivity index (χ2v) is 4.35. The third-order valence-corrected chi connectivity index (χ3v) is 2.53. The van der Waals surface area contributed by atoms with E-state index in [4.69, 9.17) is 4.74 Å². The fraction of sp³-hybridized carbons (Fsp3) is 0.667. The minimum absolute atomic E-state index is 0.206. The summed E-state index contributed by atoms with van der Waals surface area (Å²) in [6, 6.07) is 0. The van der Waals surface area contributed by atoms with Gasteiger partial charge in [-0.1, -0.05) is 50.5 Å². The van der Waals surface area contributed by atoms with Gasteiger partial charge in [-0.05, 0) is 25.7 Å². The summed E-state index contributed by atoms with van der Waals surface area (Å²) in [5.74, 6) is -0.206. The number of ether oxygens (including phenoxy) is 1. The highest BCUT2D eigenvalue weighted by molar-refractivity contribution is 5.65. The van der Waals surface area contributed by atoms with E-state index >= 15 is 0 Å². The van der Waals surface area contributed by atoms with E-state index in [2.05, 4.69) is 25.7 Å². The molecule has 0 unspecified atom stereocenters. The molecule has 0 aromatic carbocycles. The lowest BCUT2D eigenvalue weighted by atomic mass is 10.1. The summed E-state index contributed by atoms with van der Waals surface area (Å²) < 4.78 is 4.86. The normalized spacial score (nSPS) is 10.7. The first-order valence-corrected chi connectivity index (χ1v) is 6.64. The fourth-order valence-corrected chi connectivity index (χ4v) is 1.54. The van der Waals surface area contributed by atoms with Gasteiger partial charge in [0, 0.05) is 6.92 Å². The molecule has 0 heterocycles. The van der Waals surface area contributed by atoms with E-state index in [1.54, 1.807) is 0 Å². The number of hydrogen-bond acceptors (Lipinski definition) is 2. The van der Waals surface area contributed by atoms with Crippen LogP contribution in [0.15, 0.2) is 24.3 Å². The summed E-state index contributed by atoms with van der Waals surface area (Å²) in [6.45, 7) is 8.14. The van der Waals surface area contributed by atoms with Crippen LogP contribution in [0.1, 0.15) is 58.8 Å². The van der Waals surface area contributed by atoms with Crippen molar-refractivity contribution in [1.82, 2.24) is 0 Å². The molecule has 0 saturated carbocycles. The minimum atomic E-state index is -0.206. The molecule has 0 rings (SSSR count). The van der Waals surface area contributed by atoms with Crippen molar-refractivity contribution in [3.05, 3.63) is 24.3 Å². The number of carbonyl (C=O) groups is 1. The van der Waals surface area contributed by atoms with E-state index in [0.29, 0.717) is 6.61 Å². The van der Waals surface area contributed by atoms with Gasteiger partial charge >= 0.3 is 5.97 Å². The van der Waals surface area contributed by atoms with Crippen molar-refractivity contribution in [3.63, 3.8) is 0 Å². The lowest BCUT2D eigenvalue weighted by Crippen LogP contribution is -2.00. The molecule has 0 aromatic heterocycles. The van der Waals surface area contributed by atoms with Crippen molar-refractivity contribution in [1.29, 1.82) is 0 Å². The van der Waals surface area contributed by atoms with Crippen LogP contribution in [0.5, 0.6) is 0 Å². The number of rotatable bonds is 10. The van der Waals surface area contributed by atoms with Gasteiger partial charge in [-0.15, -0.1) is 0 Å². The molecule has 0 bridgehead atoms. The van der Waals surface area contributed by atoms with Gasteiger partial charge < -0.3 is 4.74 Å². The zero-order valence-corrected chi connectivity index (χ0v) is 11.3. The number of hydrogen-bond donors (Lipinski definition) is 0. The van der Waals surface area contributed by atoms with Crippen molar-refractivity contribution in [3.8, 4) is 0 Å². The largest absolute Gasteiger partial charge is 0.466 e. The van der Waals surface area contributed by atoms with Crippen molar-refractivity contribution in [2.45, 2.75) is 58.8 Å². The van der Waals surface area contributed by atoms with Gasteiger partial charge in [-0.3, -0.25) is 4.79 Å². The van der Waals surface area contributed by atoms with Crippen LogP contribution in [0.3, 0.4) is 0 Å². The molecule has 0 fully saturated rings. The quantitative estimate of drug-likeness (QED) is 0.320. The predicted molar refractivity (Wildman–Crippen MR) is 72.9 cm³/mol. The molecule has 0 radical (unpaired) electrons. The summed E-state index contributed by atoms with van der Waals surface area (Å²) in [7, 11) is 0. The van der Waals surface area contributed by atoms with Gasteiger partial charge in [0.25, 0.3) is 0 Å². The van der Waals surface area contributed by atoms with Crippen LogP contribution in [0, 0.1) is 0 Å². The summed E-state index contributed by atoms with van der Waals surface area (Å²) in [4.78, 5) is 10.5. The van der Waals surface area contributed by atoms with E-state index in [9.17, 15) is 4.79 Å². The third kappa shape index (κ3) is 12.9. The van der Waals surface area contributed by atoms with Crippen LogP contribution >= 0.6 is 0 Å². The van der Waals surface area contributed by atoms with E-state index in [0.717, 1.165) is 24.8 Å². The Morgan fingerprint density at radius 2 is 2.00 bits per heavy atom. The van der Waals surface area contributed by atoms with Crippen LogP contribution in [-0.4, -0.2) is 12.6 Å². The molecule has 0 saturated heterocycles. The lowest BCUT2D eigenvalue weighted by molar-refractivity contribution is -0.141. The standard InChI is InChI=1S/C15H26O2/c1-4-5-6-7-8-9-11-14(2)12-10-13-17-15(3)16/h9,11H,2,4-8,10,12-13H2,1,3H3/b11-9+. The van der Waals surface area contributed by atoms with Gasteiger partial charge in [0.1, 0.15) is 0 Å². The minimum Gasteiger partial charge on any atom is -0.466 e. The van der Waals surface area contributed by atoms with Gasteiger partial charge in [0.15, 0.2) is 0 Å². The highest BCUT2D eigenvalue weighted by Crippen LogP contribution is 2.07. The highest BCUT2D eigenvalue weighted by atomic mass is 16.5. The molecule has 0 aliphatic heterocycles. The maximum Gasteiger partial charge on any atom is 0.302 e.